The van der Waals surface area contributed by atoms with Crippen LogP contribution in [0.3, 0.4) is 0 Å². The number of carbonyl (C=O) groups is 2. The van der Waals surface area contributed by atoms with Crippen molar-refractivity contribution >= 4 is 22.6 Å². The van der Waals surface area contributed by atoms with Gasteiger partial charge in [0, 0.05) is 18.5 Å². The van der Waals surface area contributed by atoms with Crippen LogP contribution in [0, 0.1) is 0 Å². The van der Waals surface area contributed by atoms with Crippen molar-refractivity contribution in [3.63, 3.8) is 0 Å². The van der Waals surface area contributed by atoms with Gasteiger partial charge in [-0.1, -0.05) is 48.5 Å². The number of carbonyl (C=O) groups excluding carboxylic acids is 2. The predicted molar refractivity (Wildman–Crippen MR) is 106 cm³/mol. The third kappa shape index (κ3) is 5.57. The largest absolute Gasteiger partial charge is 0.492 e. The maximum Gasteiger partial charge on any atom is 0.251 e. The molecule has 5 nitrogen and oxygen atoms in total. The molecule has 0 saturated heterocycles. The Labute approximate surface area is 158 Å². The van der Waals surface area contributed by atoms with Crippen LogP contribution in [-0.4, -0.2) is 31.5 Å². The fourth-order valence-corrected chi connectivity index (χ4v) is 2.69. The quantitative estimate of drug-likeness (QED) is 0.605. The lowest BCUT2D eigenvalue weighted by molar-refractivity contribution is -0.121. The normalized spacial score (nSPS) is 10.4. The van der Waals surface area contributed by atoms with Gasteiger partial charge >= 0.3 is 0 Å². The molecule has 0 spiro atoms. The first-order valence-electron chi connectivity index (χ1n) is 8.94. The number of nitrogens with one attached hydrogen (secondary N) is 2. The molecule has 0 unspecified atom stereocenters. The summed E-state index contributed by atoms with van der Waals surface area (Å²) in [4.78, 5) is 24.1. The fraction of sp³-hybridized carbons (Fsp3) is 0.182. The van der Waals surface area contributed by atoms with Gasteiger partial charge in [0.2, 0.25) is 5.91 Å². The van der Waals surface area contributed by atoms with Crippen LogP contribution >= 0.6 is 0 Å². The molecule has 0 aromatic heterocycles. The molecule has 2 N–H and O–H groups in total. The van der Waals surface area contributed by atoms with Crippen molar-refractivity contribution in [2.24, 2.45) is 0 Å². The zero-order valence-electron chi connectivity index (χ0n) is 15.0. The summed E-state index contributed by atoms with van der Waals surface area (Å²) in [5, 5.41) is 7.66. The van der Waals surface area contributed by atoms with Gasteiger partial charge in [0.15, 0.2) is 0 Å². The molecule has 3 aromatic rings. The molecule has 0 atom stereocenters. The van der Waals surface area contributed by atoms with Gasteiger partial charge in [-0.2, -0.15) is 0 Å². The molecule has 0 heterocycles. The minimum Gasteiger partial charge on any atom is -0.492 e. The van der Waals surface area contributed by atoms with Crippen molar-refractivity contribution in [1.82, 2.24) is 10.6 Å². The van der Waals surface area contributed by atoms with Crippen molar-refractivity contribution in [3.05, 3.63) is 78.4 Å². The first-order chi connectivity index (χ1) is 13.2. The second-order valence-electron chi connectivity index (χ2n) is 6.08. The Morgan fingerprint density at radius 3 is 2.33 bits per heavy atom. The summed E-state index contributed by atoms with van der Waals surface area (Å²) >= 11 is 0. The van der Waals surface area contributed by atoms with Crippen LogP contribution in [0.4, 0.5) is 0 Å². The molecule has 0 aliphatic carbocycles. The van der Waals surface area contributed by atoms with Gasteiger partial charge in [0.05, 0.1) is 6.54 Å². The average Bonchev–Trinajstić information content (AvgIpc) is 2.71. The summed E-state index contributed by atoms with van der Waals surface area (Å²) in [6, 6.07) is 22.9. The molecule has 0 aliphatic heterocycles. The third-order valence-electron chi connectivity index (χ3n) is 4.09. The number of hydrogen-bond acceptors (Lipinski definition) is 3. The van der Waals surface area contributed by atoms with Gasteiger partial charge in [-0.15, -0.1) is 0 Å². The molecule has 5 heteroatoms. The minimum absolute atomic E-state index is 0.120. The highest BCUT2D eigenvalue weighted by molar-refractivity contribution is 5.98. The molecule has 3 aromatic carbocycles. The lowest BCUT2D eigenvalue weighted by atomic mass is 10.1. The molecule has 0 fully saturated rings. The number of amides is 2. The van der Waals surface area contributed by atoms with Crippen molar-refractivity contribution < 1.29 is 14.3 Å². The second kappa shape index (κ2) is 9.38. The van der Waals surface area contributed by atoms with Crippen molar-refractivity contribution in [1.29, 1.82) is 0 Å². The predicted octanol–water partition coefficient (Wildman–Crippen LogP) is 3.15. The van der Waals surface area contributed by atoms with E-state index < -0.39 is 0 Å². The first kappa shape index (κ1) is 18.5. The summed E-state index contributed by atoms with van der Waals surface area (Å²) in [5.41, 5.74) is 0.588. The molecule has 0 bridgehead atoms. The number of benzene rings is 3. The Kier molecular flexibility index (Phi) is 6.41. The van der Waals surface area contributed by atoms with Gasteiger partial charge < -0.3 is 15.4 Å². The monoisotopic (exact) mass is 362 g/mol. The molecule has 0 aliphatic rings. The van der Waals surface area contributed by atoms with Crippen LogP contribution in [-0.2, 0) is 4.79 Å². The fourth-order valence-electron chi connectivity index (χ4n) is 2.69. The summed E-state index contributed by atoms with van der Waals surface area (Å²) in [6.45, 7) is 1.11. The van der Waals surface area contributed by atoms with Gasteiger partial charge in [-0.3, -0.25) is 9.59 Å². The maximum absolute atomic E-state index is 12.2. The van der Waals surface area contributed by atoms with Crippen molar-refractivity contribution in [3.8, 4) is 5.75 Å². The lowest BCUT2D eigenvalue weighted by Gasteiger charge is -2.09. The van der Waals surface area contributed by atoms with E-state index in [0.29, 0.717) is 18.7 Å². The molecule has 138 valence electrons. The molecular weight excluding hydrogens is 340 g/mol. The zero-order valence-corrected chi connectivity index (χ0v) is 15.0. The highest BCUT2D eigenvalue weighted by Gasteiger charge is 2.07. The van der Waals surface area contributed by atoms with Gasteiger partial charge in [0.1, 0.15) is 12.4 Å². The Hall–Kier alpha value is -3.34. The van der Waals surface area contributed by atoms with Gasteiger partial charge in [-0.05, 0) is 35.0 Å². The van der Waals surface area contributed by atoms with E-state index in [2.05, 4.69) is 10.6 Å². The highest BCUT2D eigenvalue weighted by Crippen LogP contribution is 2.15. The summed E-state index contributed by atoms with van der Waals surface area (Å²) in [7, 11) is 0. The number of rotatable bonds is 8. The Bertz CT molecular complexity index is 910. The van der Waals surface area contributed by atoms with E-state index in [0.717, 1.165) is 16.5 Å². The van der Waals surface area contributed by atoms with E-state index in [1.54, 1.807) is 6.07 Å². The topological polar surface area (TPSA) is 67.4 Å². The molecule has 0 saturated carbocycles. The molecule has 3 rings (SSSR count). The summed E-state index contributed by atoms with van der Waals surface area (Å²) < 4.78 is 5.51. The second-order valence-corrected chi connectivity index (χ2v) is 6.08. The first-order valence-corrected chi connectivity index (χ1v) is 8.94. The lowest BCUT2D eigenvalue weighted by Crippen LogP contribution is -2.32. The van der Waals surface area contributed by atoms with E-state index >= 15 is 0 Å². The van der Waals surface area contributed by atoms with E-state index in [1.165, 1.54) is 0 Å². The van der Waals surface area contributed by atoms with Crippen LogP contribution in [0.5, 0.6) is 5.75 Å². The highest BCUT2D eigenvalue weighted by atomic mass is 16.5. The Balaban J connectivity index is 1.35. The summed E-state index contributed by atoms with van der Waals surface area (Å²) in [5.74, 6) is 0.473. The minimum atomic E-state index is -0.180. The average molecular weight is 362 g/mol. The number of ether oxygens (including phenoxy) is 1. The molecule has 0 radical (unpaired) electrons. The van der Waals surface area contributed by atoms with Crippen LogP contribution in [0.1, 0.15) is 16.8 Å². The molecule has 2 amide bonds. The SMILES string of the molecule is O=C(CCNC(=O)c1ccc2ccccc2c1)NCCOc1ccccc1. The van der Waals surface area contributed by atoms with Crippen LogP contribution < -0.4 is 15.4 Å². The van der Waals surface area contributed by atoms with Gasteiger partial charge in [-0.25, -0.2) is 0 Å². The van der Waals surface area contributed by atoms with E-state index in [9.17, 15) is 9.59 Å². The van der Waals surface area contributed by atoms with E-state index in [1.807, 2.05) is 66.7 Å². The molecular formula is C22H22N2O3. The maximum atomic E-state index is 12.2. The Morgan fingerprint density at radius 2 is 1.52 bits per heavy atom. The number of para-hydroxylation sites is 1. The van der Waals surface area contributed by atoms with Gasteiger partial charge in [0.25, 0.3) is 5.91 Å². The van der Waals surface area contributed by atoms with E-state index in [-0.39, 0.29) is 24.8 Å². The number of fused-ring (bicyclic) bond motifs is 1. The van der Waals surface area contributed by atoms with Crippen LogP contribution in [0.15, 0.2) is 72.8 Å². The zero-order chi connectivity index (χ0) is 18.9. The van der Waals surface area contributed by atoms with Crippen LogP contribution in [0.25, 0.3) is 10.8 Å². The smallest absolute Gasteiger partial charge is 0.251 e. The third-order valence-corrected chi connectivity index (χ3v) is 4.09. The number of hydrogen-bond donors (Lipinski definition) is 2. The van der Waals surface area contributed by atoms with Crippen molar-refractivity contribution in [2.45, 2.75) is 6.42 Å². The van der Waals surface area contributed by atoms with Crippen molar-refractivity contribution in [2.75, 3.05) is 19.7 Å². The Morgan fingerprint density at radius 1 is 0.778 bits per heavy atom. The van der Waals surface area contributed by atoms with Crippen LogP contribution in [0.2, 0.25) is 0 Å². The summed E-state index contributed by atoms with van der Waals surface area (Å²) in [6.07, 6.45) is 0.227. The standard InChI is InChI=1S/C22H22N2O3/c25-21(23-14-15-27-20-8-2-1-3-9-20)12-13-24-22(26)19-11-10-17-6-4-5-7-18(17)16-19/h1-11,16H,12-15H2,(H,23,25)(H,24,26). The van der Waals surface area contributed by atoms with E-state index in [4.69, 9.17) is 4.74 Å². The molecule has 27 heavy (non-hydrogen) atoms.